The number of aryl methyl sites for hydroxylation is 2. The van der Waals surface area contributed by atoms with Crippen molar-refractivity contribution in [2.45, 2.75) is 25.0 Å². The molecule has 0 bridgehead atoms. The Bertz CT molecular complexity index is 1190. The van der Waals surface area contributed by atoms with Gasteiger partial charge in [-0.15, -0.1) is 10.2 Å². The Morgan fingerprint density at radius 3 is 2.62 bits per heavy atom. The van der Waals surface area contributed by atoms with Gasteiger partial charge in [0.15, 0.2) is 11.0 Å². The third-order valence-electron chi connectivity index (χ3n) is 4.92. The van der Waals surface area contributed by atoms with Gasteiger partial charge in [-0.05, 0) is 37.6 Å². The molecular weight excluding hydrogens is 427 g/mol. The number of benzene rings is 2. The molecule has 0 saturated heterocycles. The molecule has 164 valence electrons. The molecule has 2 aromatic carbocycles. The van der Waals surface area contributed by atoms with E-state index < -0.39 is 0 Å². The fraction of sp³-hybridized carbons (Fsp3) is 0.217. The van der Waals surface area contributed by atoms with Gasteiger partial charge in [0.05, 0.1) is 11.3 Å². The highest BCUT2D eigenvalue weighted by Crippen LogP contribution is 2.29. The zero-order valence-corrected chi connectivity index (χ0v) is 18.4. The Labute approximate surface area is 189 Å². The van der Waals surface area contributed by atoms with Crippen molar-refractivity contribution in [1.29, 1.82) is 0 Å². The highest BCUT2D eigenvalue weighted by Gasteiger charge is 2.19. The van der Waals surface area contributed by atoms with Gasteiger partial charge in [-0.1, -0.05) is 42.1 Å². The van der Waals surface area contributed by atoms with Gasteiger partial charge < -0.3 is 9.88 Å². The van der Waals surface area contributed by atoms with Crippen molar-refractivity contribution < 1.29 is 9.18 Å². The molecule has 4 aromatic rings. The quantitative estimate of drug-likeness (QED) is 0.309. The fourth-order valence-electron chi connectivity index (χ4n) is 3.29. The summed E-state index contributed by atoms with van der Waals surface area (Å²) >= 11 is 1.27. The van der Waals surface area contributed by atoms with Crippen LogP contribution in [0.4, 0.5) is 4.39 Å². The van der Waals surface area contributed by atoms with Crippen LogP contribution in [0.1, 0.15) is 12.2 Å². The van der Waals surface area contributed by atoms with Gasteiger partial charge in [-0.25, -0.2) is 9.37 Å². The van der Waals surface area contributed by atoms with Crippen molar-refractivity contribution in [2.75, 3.05) is 12.3 Å². The van der Waals surface area contributed by atoms with Gasteiger partial charge in [0, 0.05) is 31.2 Å². The molecule has 0 unspecified atom stereocenters. The van der Waals surface area contributed by atoms with E-state index in [0.717, 1.165) is 24.5 Å². The first-order valence-electron chi connectivity index (χ1n) is 10.3. The Balaban J connectivity index is 1.43. The van der Waals surface area contributed by atoms with Crippen LogP contribution in [0, 0.1) is 12.7 Å². The molecule has 0 fully saturated rings. The molecule has 0 radical (unpaired) electrons. The fourth-order valence-corrected chi connectivity index (χ4v) is 4.07. The highest BCUT2D eigenvalue weighted by atomic mass is 32.2. The van der Waals surface area contributed by atoms with Crippen LogP contribution >= 0.6 is 11.8 Å². The van der Waals surface area contributed by atoms with Gasteiger partial charge in [-0.3, -0.25) is 9.36 Å². The van der Waals surface area contributed by atoms with Crippen LogP contribution in [0.3, 0.4) is 0 Å². The molecule has 0 aliphatic rings. The van der Waals surface area contributed by atoms with E-state index in [9.17, 15) is 9.18 Å². The third-order valence-corrected chi connectivity index (χ3v) is 5.85. The second-order valence-corrected chi connectivity index (χ2v) is 8.06. The molecule has 32 heavy (non-hydrogen) atoms. The molecule has 1 amide bonds. The number of halogens is 1. The molecule has 7 nitrogen and oxygen atoms in total. The molecular formula is C23H23FN6OS. The first-order valence-corrected chi connectivity index (χ1v) is 11.2. The van der Waals surface area contributed by atoms with Gasteiger partial charge >= 0.3 is 0 Å². The topological polar surface area (TPSA) is 77.6 Å². The predicted octanol–water partition coefficient (Wildman–Crippen LogP) is 3.88. The number of carbonyl (C=O) groups excluding carboxylic acids is 1. The summed E-state index contributed by atoms with van der Waals surface area (Å²) < 4.78 is 18.3. The number of hydrogen-bond acceptors (Lipinski definition) is 5. The number of rotatable bonds is 9. The Morgan fingerprint density at radius 1 is 1.09 bits per heavy atom. The summed E-state index contributed by atoms with van der Waals surface area (Å²) in [4.78, 5) is 16.5. The van der Waals surface area contributed by atoms with Crippen LogP contribution in [0.2, 0.25) is 0 Å². The lowest BCUT2D eigenvalue weighted by atomic mass is 10.2. The first-order chi connectivity index (χ1) is 15.6. The number of aromatic nitrogens is 5. The molecule has 9 heteroatoms. The minimum atomic E-state index is -0.375. The zero-order chi connectivity index (χ0) is 22.3. The van der Waals surface area contributed by atoms with Crippen LogP contribution in [-0.4, -0.2) is 42.5 Å². The predicted molar refractivity (Wildman–Crippen MR) is 122 cm³/mol. The van der Waals surface area contributed by atoms with E-state index in [-0.39, 0.29) is 17.5 Å². The van der Waals surface area contributed by atoms with E-state index >= 15 is 0 Å². The van der Waals surface area contributed by atoms with Crippen molar-refractivity contribution in [3.05, 3.63) is 78.6 Å². The second-order valence-electron chi connectivity index (χ2n) is 7.12. The van der Waals surface area contributed by atoms with Crippen LogP contribution in [-0.2, 0) is 11.3 Å². The molecule has 0 aliphatic carbocycles. The number of amides is 1. The number of carbonyl (C=O) groups is 1. The summed E-state index contributed by atoms with van der Waals surface area (Å²) in [6.07, 6.45) is 4.50. The van der Waals surface area contributed by atoms with Gasteiger partial charge in [0.25, 0.3) is 0 Å². The van der Waals surface area contributed by atoms with E-state index in [1.165, 1.54) is 17.8 Å². The van der Waals surface area contributed by atoms with Gasteiger partial charge in [0.1, 0.15) is 11.6 Å². The first kappa shape index (κ1) is 21.8. The number of imidazole rings is 1. The van der Waals surface area contributed by atoms with Crippen molar-refractivity contribution >= 4 is 17.7 Å². The lowest BCUT2D eigenvalue weighted by Crippen LogP contribution is -2.27. The van der Waals surface area contributed by atoms with E-state index in [1.807, 2.05) is 48.0 Å². The highest BCUT2D eigenvalue weighted by molar-refractivity contribution is 7.99. The average molecular weight is 451 g/mol. The van der Waals surface area contributed by atoms with Gasteiger partial charge in [0.2, 0.25) is 5.91 Å². The molecule has 0 atom stereocenters. The van der Waals surface area contributed by atoms with Crippen molar-refractivity contribution in [3.63, 3.8) is 0 Å². The average Bonchev–Trinajstić information content (AvgIpc) is 3.42. The third kappa shape index (κ3) is 5.05. The van der Waals surface area contributed by atoms with Crippen molar-refractivity contribution in [3.8, 4) is 17.1 Å². The largest absolute Gasteiger partial charge is 0.355 e. The SMILES string of the molecule is Cc1nccn1CCCNC(=O)CSc1nnc(-c2ccccc2F)n1-c1ccccc1. The van der Waals surface area contributed by atoms with Crippen molar-refractivity contribution in [2.24, 2.45) is 0 Å². The summed E-state index contributed by atoms with van der Waals surface area (Å²) in [5, 5.41) is 11.9. The number of nitrogens with one attached hydrogen (secondary N) is 1. The normalized spacial score (nSPS) is 10.9. The Hall–Kier alpha value is -3.46. The summed E-state index contributed by atoms with van der Waals surface area (Å²) in [5.74, 6) is 1.07. The lowest BCUT2D eigenvalue weighted by Gasteiger charge is -2.11. The smallest absolute Gasteiger partial charge is 0.230 e. The summed E-state index contributed by atoms with van der Waals surface area (Å²) in [6.45, 7) is 3.32. The lowest BCUT2D eigenvalue weighted by molar-refractivity contribution is -0.118. The molecule has 0 aliphatic heterocycles. The van der Waals surface area contributed by atoms with E-state index in [2.05, 4.69) is 20.5 Å². The summed E-state index contributed by atoms with van der Waals surface area (Å²) in [5.41, 5.74) is 1.16. The molecule has 2 heterocycles. The summed E-state index contributed by atoms with van der Waals surface area (Å²) in [7, 11) is 0. The number of hydrogen-bond donors (Lipinski definition) is 1. The Kier molecular flexibility index (Phi) is 6.96. The Morgan fingerprint density at radius 2 is 1.88 bits per heavy atom. The minimum absolute atomic E-state index is 0.0904. The van der Waals surface area contributed by atoms with Crippen LogP contribution in [0.25, 0.3) is 17.1 Å². The standard InChI is InChI=1S/C23H23FN6OS/c1-17-25-13-15-29(17)14-7-12-26-21(31)16-32-23-28-27-22(19-10-5-6-11-20(19)24)30(23)18-8-3-2-4-9-18/h2-6,8-11,13,15H,7,12,14,16H2,1H3,(H,26,31). The van der Waals surface area contributed by atoms with Crippen LogP contribution < -0.4 is 5.32 Å². The van der Waals surface area contributed by atoms with Crippen molar-refractivity contribution in [1.82, 2.24) is 29.6 Å². The van der Waals surface area contributed by atoms with Crippen LogP contribution in [0.15, 0.2) is 72.1 Å². The van der Waals surface area contributed by atoms with E-state index in [0.29, 0.717) is 23.1 Å². The zero-order valence-electron chi connectivity index (χ0n) is 17.6. The number of thioether (sulfide) groups is 1. The number of nitrogens with zero attached hydrogens (tertiary/aromatic N) is 5. The molecule has 1 N–H and O–H groups in total. The minimum Gasteiger partial charge on any atom is -0.355 e. The van der Waals surface area contributed by atoms with E-state index in [4.69, 9.17) is 0 Å². The summed E-state index contributed by atoms with van der Waals surface area (Å²) in [6, 6.07) is 15.9. The second kappa shape index (κ2) is 10.2. The van der Waals surface area contributed by atoms with Crippen LogP contribution in [0.5, 0.6) is 0 Å². The molecule has 0 saturated carbocycles. The maximum atomic E-state index is 14.4. The molecule has 4 rings (SSSR count). The maximum Gasteiger partial charge on any atom is 0.230 e. The maximum absolute atomic E-state index is 14.4. The van der Waals surface area contributed by atoms with E-state index in [1.54, 1.807) is 29.0 Å². The monoisotopic (exact) mass is 450 g/mol. The molecule has 2 aromatic heterocycles. The number of para-hydroxylation sites is 1. The molecule has 0 spiro atoms. The van der Waals surface area contributed by atoms with Gasteiger partial charge in [-0.2, -0.15) is 0 Å².